The third-order valence-corrected chi connectivity index (χ3v) is 3.09. The first-order valence-corrected chi connectivity index (χ1v) is 6.00. The van der Waals surface area contributed by atoms with E-state index in [1.54, 1.807) is 6.07 Å². The topological polar surface area (TPSA) is 38.0 Å². The van der Waals surface area contributed by atoms with Gasteiger partial charge >= 0.3 is 0 Å². The maximum absolute atomic E-state index is 13.3. The smallest absolute Gasteiger partial charge is 0.160 e. The summed E-state index contributed by atoms with van der Waals surface area (Å²) in [4.78, 5) is 0. The summed E-state index contributed by atoms with van der Waals surface area (Å²) < 4.78 is 13.3. The van der Waals surface area contributed by atoms with Crippen LogP contribution in [-0.4, -0.2) is 0 Å². The van der Waals surface area contributed by atoms with Gasteiger partial charge in [0.05, 0.1) is 10.0 Å². The van der Waals surface area contributed by atoms with Crippen LogP contribution in [0.2, 0.25) is 10.0 Å². The van der Waals surface area contributed by atoms with E-state index in [9.17, 15) is 4.39 Å². The van der Waals surface area contributed by atoms with Crippen molar-refractivity contribution < 1.29 is 4.39 Å². The highest BCUT2D eigenvalue weighted by atomic mass is 35.5. The molecule has 0 atom stereocenters. The largest absolute Gasteiger partial charge is 0.399 e. The zero-order valence-electron chi connectivity index (χ0n) is 9.60. The Morgan fingerprint density at radius 2 is 1.67 bits per heavy atom. The molecule has 0 fully saturated rings. The van der Waals surface area contributed by atoms with Crippen molar-refractivity contribution in [1.82, 2.24) is 0 Å². The van der Waals surface area contributed by atoms with Crippen molar-refractivity contribution in [2.75, 3.05) is 11.1 Å². The van der Waals surface area contributed by atoms with E-state index < -0.39 is 5.82 Å². The van der Waals surface area contributed by atoms with Gasteiger partial charge in [0, 0.05) is 17.1 Å². The molecule has 0 aliphatic heterocycles. The van der Waals surface area contributed by atoms with E-state index in [1.807, 2.05) is 19.1 Å². The Morgan fingerprint density at radius 3 is 2.22 bits per heavy atom. The number of halogens is 3. The second-order valence-electron chi connectivity index (χ2n) is 3.95. The molecule has 18 heavy (non-hydrogen) atoms. The molecule has 94 valence electrons. The summed E-state index contributed by atoms with van der Waals surface area (Å²) in [6, 6.07) is 8.47. The summed E-state index contributed by atoms with van der Waals surface area (Å²) in [7, 11) is 0. The summed E-state index contributed by atoms with van der Waals surface area (Å²) in [6.45, 7) is 1.91. The fourth-order valence-electron chi connectivity index (χ4n) is 1.55. The summed E-state index contributed by atoms with van der Waals surface area (Å²) in [5, 5.41) is 3.06. The van der Waals surface area contributed by atoms with Gasteiger partial charge in [-0.1, -0.05) is 23.2 Å². The lowest BCUT2D eigenvalue weighted by atomic mass is 10.2. The lowest BCUT2D eigenvalue weighted by Gasteiger charge is -2.10. The van der Waals surface area contributed by atoms with Gasteiger partial charge in [-0.05, 0) is 42.8 Å². The number of benzene rings is 2. The monoisotopic (exact) mass is 284 g/mol. The van der Waals surface area contributed by atoms with E-state index in [4.69, 9.17) is 28.9 Å². The van der Waals surface area contributed by atoms with E-state index >= 15 is 0 Å². The average molecular weight is 285 g/mol. The maximum atomic E-state index is 13.3. The summed E-state index contributed by atoms with van der Waals surface area (Å²) in [6.07, 6.45) is 0. The predicted octanol–water partition coefficient (Wildman–Crippen LogP) is 4.77. The van der Waals surface area contributed by atoms with Gasteiger partial charge < -0.3 is 11.1 Å². The molecule has 0 spiro atoms. The third-order valence-electron chi connectivity index (χ3n) is 2.54. The molecule has 0 aliphatic carbocycles. The van der Waals surface area contributed by atoms with Crippen molar-refractivity contribution in [2.24, 2.45) is 0 Å². The SMILES string of the molecule is Cc1cc(Nc2cc(Cl)c(F)c(Cl)c2)ccc1N. The molecular weight excluding hydrogens is 274 g/mol. The van der Waals surface area contributed by atoms with Crippen LogP contribution in [0.5, 0.6) is 0 Å². The molecular formula is C13H11Cl2FN2. The Hall–Kier alpha value is -1.45. The van der Waals surface area contributed by atoms with Gasteiger partial charge in [0.15, 0.2) is 5.82 Å². The van der Waals surface area contributed by atoms with Crippen LogP contribution in [0.1, 0.15) is 5.56 Å². The first kappa shape index (κ1) is 13.0. The molecule has 0 radical (unpaired) electrons. The second kappa shape index (κ2) is 5.04. The molecule has 0 saturated heterocycles. The van der Waals surface area contributed by atoms with Crippen LogP contribution in [-0.2, 0) is 0 Å². The van der Waals surface area contributed by atoms with E-state index in [1.165, 1.54) is 12.1 Å². The third kappa shape index (κ3) is 2.68. The lowest BCUT2D eigenvalue weighted by molar-refractivity contribution is 0.629. The summed E-state index contributed by atoms with van der Waals surface area (Å²) >= 11 is 11.4. The number of rotatable bonds is 2. The number of anilines is 3. The summed E-state index contributed by atoms with van der Waals surface area (Å²) in [5.41, 5.74) is 8.86. The zero-order chi connectivity index (χ0) is 13.3. The molecule has 0 heterocycles. The van der Waals surface area contributed by atoms with Gasteiger partial charge in [0.2, 0.25) is 0 Å². The van der Waals surface area contributed by atoms with Crippen molar-refractivity contribution >= 4 is 40.3 Å². The van der Waals surface area contributed by atoms with Gasteiger partial charge in [-0.2, -0.15) is 0 Å². The van der Waals surface area contributed by atoms with Crippen LogP contribution in [0.25, 0.3) is 0 Å². The van der Waals surface area contributed by atoms with Crippen molar-refractivity contribution in [3.05, 3.63) is 51.8 Å². The predicted molar refractivity (Wildman–Crippen MR) is 75.3 cm³/mol. The molecule has 0 bridgehead atoms. The van der Waals surface area contributed by atoms with Gasteiger partial charge in [-0.15, -0.1) is 0 Å². The number of hydrogen-bond donors (Lipinski definition) is 2. The Balaban J connectivity index is 2.31. The molecule has 2 aromatic rings. The first-order chi connectivity index (χ1) is 8.47. The number of nitrogen functional groups attached to an aromatic ring is 1. The zero-order valence-corrected chi connectivity index (χ0v) is 11.1. The van der Waals surface area contributed by atoms with E-state index in [0.717, 1.165) is 16.9 Å². The fraction of sp³-hybridized carbons (Fsp3) is 0.0769. The Labute approximate surface area is 115 Å². The minimum Gasteiger partial charge on any atom is -0.399 e. The van der Waals surface area contributed by atoms with Gasteiger partial charge in [-0.3, -0.25) is 0 Å². The van der Waals surface area contributed by atoms with Crippen LogP contribution >= 0.6 is 23.2 Å². The van der Waals surface area contributed by atoms with E-state index in [-0.39, 0.29) is 10.0 Å². The standard InChI is InChI=1S/C13H11Cl2FN2/c1-7-4-8(2-3-12(7)17)18-9-5-10(14)13(16)11(15)6-9/h2-6,18H,17H2,1H3. The highest BCUT2D eigenvalue weighted by molar-refractivity contribution is 6.35. The van der Waals surface area contributed by atoms with Crippen molar-refractivity contribution in [1.29, 1.82) is 0 Å². The van der Waals surface area contributed by atoms with Crippen LogP contribution < -0.4 is 11.1 Å². The molecule has 0 saturated carbocycles. The Morgan fingerprint density at radius 1 is 1.06 bits per heavy atom. The molecule has 0 amide bonds. The highest BCUT2D eigenvalue weighted by Gasteiger charge is 2.07. The normalized spacial score (nSPS) is 10.4. The first-order valence-electron chi connectivity index (χ1n) is 5.25. The minimum absolute atomic E-state index is 0.0165. The van der Waals surface area contributed by atoms with E-state index in [0.29, 0.717) is 5.69 Å². The van der Waals surface area contributed by atoms with Crippen molar-refractivity contribution in [2.45, 2.75) is 6.92 Å². The molecule has 0 aliphatic rings. The Kier molecular flexibility index (Phi) is 3.64. The van der Waals surface area contributed by atoms with Crippen LogP contribution in [0.15, 0.2) is 30.3 Å². The maximum Gasteiger partial charge on any atom is 0.160 e. The van der Waals surface area contributed by atoms with Gasteiger partial charge in [-0.25, -0.2) is 4.39 Å². The number of hydrogen-bond acceptors (Lipinski definition) is 2. The molecule has 3 N–H and O–H groups in total. The average Bonchev–Trinajstić information content (AvgIpc) is 2.31. The van der Waals surface area contributed by atoms with E-state index in [2.05, 4.69) is 5.32 Å². The van der Waals surface area contributed by atoms with Gasteiger partial charge in [0.1, 0.15) is 0 Å². The van der Waals surface area contributed by atoms with Crippen LogP contribution in [0.3, 0.4) is 0 Å². The van der Waals surface area contributed by atoms with Crippen molar-refractivity contribution in [3.63, 3.8) is 0 Å². The number of nitrogens with one attached hydrogen (secondary N) is 1. The molecule has 0 aromatic heterocycles. The van der Waals surface area contributed by atoms with Crippen molar-refractivity contribution in [3.8, 4) is 0 Å². The molecule has 2 rings (SSSR count). The quantitative estimate of drug-likeness (QED) is 0.616. The fourth-order valence-corrected chi connectivity index (χ4v) is 2.03. The molecule has 0 unspecified atom stereocenters. The number of aryl methyl sites for hydroxylation is 1. The van der Waals surface area contributed by atoms with Gasteiger partial charge in [0.25, 0.3) is 0 Å². The molecule has 2 aromatic carbocycles. The number of nitrogens with two attached hydrogens (primary N) is 1. The Bertz CT molecular complexity index is 577. The minimum atomic E-state index is -0.614. The molecule has 2 nitrogen and oxygen atoms in total. The highest BCUT2D eigenvalue weighted by Crippen LogP contribution is 2.29. The summed E-state index contributed by atoms with van der Waals surface area (Å²) in [5.74, 6) is -0.614. The van der Waals surface area contributed by atoms with Crippen LogP contribution in [0.4, 0.5) is 21.5 Å². The second-order valence-corrected chi connectivity index (χ2v) is 4.76. The lowest BCUT2D eigenvalue weighted by Crippen LogP contribution is -1.95. The van der Waals surface area contributed by atoms with Crippen LogP contribution in [0, 0.1) is 12.7 Å². The molecule has 5 heteroatoms.